The second-order valence-corrected chi connectivity index (χ2v) is 7.04. The van der Waals surface area contributed by atoms with Crippen molar-refractivity contribution in [3.05, 3.63) is 72.6 Å². The third-order valence-corrected chi connectivity index (χ3v) is 4.23. The van der Waals surface area contributed by atoms with Gasteiger partial charge in [-0.25, -0.2) is 4.98 Å². The third kappa shape index (κ3) is 4.60. The van der Waals surface area contributed by atoms with E-state index < -0.39 is 0 Å². The number of para-hydroxylation sites is 1. The van der Waals surface area contributed by atoms with Crippen LogP contribution in [0.2, 0.25) is 0 Å². The fourth-order valence-corrected chi connectivity index (χ4v) is 3.05. The standard InChI is InChI=1S/C23H23N5O/c1-15(2)29-19-11-9-18(10-12-19)26-21-14-16(3)25-23(28-21)27-20-8-4-6-17-7-5-13-24-22(17)20/h4-15H,1-3H3,(H2,25,26,27,28). The summed E-state index contributed by atoms with van der Waals surface area (Å²) in [4.78, 5) is 13.6. The Hall–Kier alpha value is -3.67. The van der Waals surface area contributed by atoms with E-state index in [1.54, 1.807) is 6.20 Å². The monoisotopic (exact) mass is 385 g/mol. The van der Waals surface area contributed by atoms with Gasteiger partial charge in [0.15, 0.2) is 0 Å². The molecule has 0 aliphatic rings. The molecule has 4 aromatic rings. The fraction of sp³-hybridized carbons (Fsp3) is 0.174. The predicted octanol–water partition coefficient (Wildman–Crippen LogP) is 5.61. The topological polar surface area (TPSA) is 72.0 Å². The number of fused-ring (bicyclic) bond motifs is 1. The Kier molecular flexibility index (Phi) is 5.24. The molecule has 29 heavy (non-hydrogen) atoms. The maximum Gasteiger partial charge on any atom is 0.229 e. The number of nitrogens with one attached hydrogen (secondary N) is 2. The van der Waals surface area contributed by atoms with Gasteiger partial charge in [0.2, 0.25) is 5.95 Å². The van der Waals surface area contributed by atoms with Crippen LogP contribution in [0.15, 0.2) is 66.9 Å². The van der Waals surface area contributed by atoms with E-state index in [0.29, 0.717) is 11.8 Å². The SMILES string of the molecule is Cc1cc(Nc2ccc(OC(C)C)cc2)nc(Nc2cccc3cccnc23)n1. The van der Waals surface area contributed by atoms with E-state index in [-0.39, 0.29) is 6.10 Å². The lowest BCUT2D eigenvalue weighted by molar-refractivity contribution is 0.242. The van der Waals surface area contributed by atoms with E-state index in [9.17, 15) is 0 Å². The lowest BCUT2D eigenvalue weighted by atomic mass is 10.2. The molecule has 2 N–H and O–H groups in total. The zero-order valence-electron chi connectivity index (χ0n) is 16.7. The Balaban J connectivity index is 1.56. The number of aromatic nitrogens is 3. The highest BCUT2D eigenvalue weighted by Gasteiger charge is 2.07. The Bertz CT molecular complexity index is 1120. The summed E-state index contributed by atoms with van der Waals surface area (Å²) in [5.74, 6) is 2.08. The van der Waals surface area contributed by atoms with Crippen LogP contribution in [0.1, 0.15) is 19.5 Å². The van der Waals surface area contributed by atoms with Crippen molar-refractivity contribution in [3.63, 3.8) is 0 Å². The Labute approximate surface area is 170 Å². The maximum atomic E-state index is 5.69. The summed E-state index contributed by atoms with van der Waals surface area (Å²) in [5.41, 5.74) is 3.54. The molecule has 0 fully saturated rings. The van der Waals surface area contributed by atoms with Crippen LogP contribution in [0.3, 0.4) is 0 Å². The van der Waals surface area contributed by atoms with Gasteiger partial charge in [-0.15, -0.1) is 0 Å². The van der Waals surface area contributed by atoms with Crippen molar-refractivity contribution < 1.29 is 4.74 Å². The number of rotatable bonds is 6. The molecule has 6 heteroatoms. The molecule has 6 nitrogen and oxygen atoms in total. The number of hydrogen-bond acceptors (Lipinski definition) is 6. The van der Waals surface area contributed by atoms with Crippen LogP contribution in [-0.4, -0.2) is 21.1 Å². The van der Waals surface area contributed by atoms with E-state index in [4.69, 9.17) is 4.74 Å². The lowest BCUT2D eigenvalue weighted by Gasteiger charge is -2.12. The van der Waals surface area contributed by atoms with Gasteiger partial charge >= 0.3 is 0 Å². The molecular weight excluding hydrogens is 362 g/mol. The van der Waals surface area contributed by atoms with E-state index in [1.807, 2.05) is 81.4 Å². The van der Waals surface area contributed by atoms with Gasteiger partial charge in [-0.05, 0) is 57.2 Å². The van der Waals surface area contributed by atoms with Crippen molar-refractivity contribution in [3.8, 4) is 5.75 Å². The highest BCUT2D eigenvalue weighted by molar-refractivity contribution is 5.91. The minimum Gasteiger partial charge on any atom is -0.491 e. The highest BCUT2D eigenvalue weighted by Crippen LogP contribution is 2.25. The van der Waals surface area contributed by atoms with Gasteiger partial charge in [0.25, 0.3) is 0 Å². The van der Waals surface area contributed by atoms with Crippen LogP contribution in [0.25, 0.3) is 10.9 Å². The van der Waals surface area contributed by atoms with Gasteiger partial charge in [0.05, 0.1) is 17.3 Å². The molecule has 0 spiro atoms. The van der Waals surface area contributed by atoms with Crippen molar-refractivity contribution in [2.45, 2.75) is 26.9 Å². The van der Waals surface area contributed by atoms with Gasteiger partial charge in [0, 0.05) is 29.0 Å². The van der Waals surface area contributed by atoms with E-state index >= 15 is 0 Å². The Morgan fingerprint density at radius 2 is 1.69 bits per heavy atom. The van der Waals surface area contributed by atoms with Crippen molar-refractivity contribution >= 4 is 34.0 Å². The summed E-state index contributed by atoms with van der Waals surface area (Å²) in [6.07, 6.45) is 1.93. The number of hydrogen-bond donors (Lipinski definition) is 2. The zero-order chi connectivity index (χ0) is 20.2. The highest BCUT2D eigenvalue weighted by atomic mass is 16.5. The fourth-order valence-electron chi connectivity index (χ4n) is 3.05. The molecule has 0 radical (unpaired) electrons. The molecule has 0 amide bonds. The number of benzene rings is 2. The summed E-state index contributed by atoms with van der Waals surface area (Å²) in [7, 11) is 0. The minimum absolute atomic E-state index is 0.149. The predicted molar refractivity (Wildman–Crippen MR) is 117 cm³/mol. The zero-order valence-corrected chi connectivity index (χ0v) is 16.7. The summed E-state index contributed by atoms with van der Waals surface area (Å²) < 4.78 is 5.69. The van der Waals surface area contributed by atoms with E-state index in [0.717, 1.165) is 33.7 Å². The molecule has 0 aliphatic carbocycles. The number of nitrogens with zero attached hydrogens (tertiary/aromatic N) is 3. The molecule has 0 aliphatic heterocycles. The number of aryl methyl sites for hydroxylation is 1. The van der Waals surface area contributed by atoms with E-state index in [2.05, 4.69) is 25.6 Å². The smallest absolute Gasteiger partial charge is 0.229 e. The first-order valence-electron chi connectivity index (χ1n) is 9.57. The molecule has 0 atom stereocenters. The third-order valence-electron chi connectivity index (χ3n) is 4.23. The molecule has 4 rings (SSSR count). The lowest BCUT2D eigenvalue weighted by Crippen LogP contribution is -2.05. The minimum atomic E-state index is 0.149. The van der Waals surface area contributed by atoms with Crippen molar-refractivity contribution in [2.24, 2.45) is 0 Å². The molecule has 2 aromatic carbocycles. The van der Waals surface area contributed by atoms with Gasteiger partial charge in [-0.2, -0.15) is 4.98 Å². The van der Waals surface area contributed by atoms with Crippen LogP contribution >= 0.6 is 0 Å². The summed E-state index contributed by atoms with van der Waals surface area (Å²) >= 11 is 0. The first kappa shape index (κ1) is 18.7. The molecule has 146 valence electrons. The van der Waals surface area contributed by atoms with Gasteiger partial charge in [0.1, 0.15) is 11.6 Å². The summed E-state index contributed by atoms with van der Waals surface area (Å²) in [6, 6.07) is 19.7. The number of pyridine rings is 1. The van der Waals surface area contributed by atoms with Crippen LogP contribution in [-0.2, 0) is 0 Å². The molecule has 0 saturated carbocycles. The molecule has 2 aromatic heterocycles. The molecular formula is C23H23N5O. The van der Waals surface area contributed by atoms with Gasteiger partial charge in [-0.1, -0.05) is 18.2 Å². The average molecular weight is 385 g/mol. The van der Waals surface area contributed by atoms with Crippen LogP contribution in [0.4, 0.5) is 23.1 Å². The maximum absolute atomic E-state index is 5.69. The van der Waals surface area contributed by atoms with Gasteiger partial charge < -0.3 is 15.4 Å². The van der Waals surface area contributed by atoms with E-state index in [1.165, 1.54) is 0 Å². The first-order valence-corrected chi connectivity index (χ1v) is 9.57. The largest absolute Gasteiger partial charge is 0.491 e. The molecule has 2 heterocycles. The van der Waals surface area contributed by atoms with Crippen LogP contribution in [0, 0.1) is 6.92 Å². The second kappa shape index (κ2) is 8.14. The summed E-state index contributed by atoms with van der Waals surface area (Å²) in [5, 5.41) is 7.69. The van der Waals surface area contributed by atoms with Gasteiger partial charge in [-0.3, -0.25) is 4.98 Å². The molecule has 0 saturated heterocycles. The Morgan fingerprint density at radius 3 is 2.48 bits per heavy atom. The van der Waals surface area contributed by atoms with Crippen molar-refractivity contribution in [1.82, 2.24) is 15.0 Å². The van der Waals surface area contributed by atoms with Crippen molar-refractivity contribution in [2.75, 3.05) is 10.6 Å². The molecule has 0 bridgehead atoms. The average Bonchev–Trinajstić information content (AvgIpc) is 2.69. The quantitative estimate of drug-likeness (QED) is 0.450. The van der Waals surface area contributed by atoms with Crippen molar-refractivity contribution in [1.29, 1.82) is 0 Å². The normalized spacial score (nSPS) is 10.9. The second-order valence-electron chi connectivity index (χ2n) is 7.04. The number of anilines is 4. The molecule has 0 unspecified atom stereocenters. The summed E-state index contributed by atoms with van der Waals surface area (Å²) in [6.45, 7) is 5.96. The van der Waals surface area contributed by atoms with Crippen LogP contribution < -0.4 is 15.4 Å². The number of ether oxygens (including phenoxy) is 1. The first-order chi connectivity index (χ1) is 14.1. The van der Waals surface area contributed by atoms with Crippen LogP contribution in [0.5, 0.6) is 5.75 Å². The Morgan fingerprint density at radius 1 is 0.897 bits per heavy atom.